The molecular weight excluding hydrogens is 465 g/mol. The van der Waals surface area contributed by atoms with Crippen LogP contribution in [0.2, 0.25) is 0 Å². The maximum absolute atomic E-state index is 11.5. The smallest absolute Gasteiger partial charge is 0.221 e. The number of nitrogens with zero attached hydrogens (tertiary/aromatic N) is 2. The lowest BCUT2D eigenvalue weighted by Crippen LogP contribution is -2.40. The molecule has 0 aliphatic carbocycles. The van der Waals surface area contributed by atoms with Crippen molar-refractivity contribution in [2.45, 2.75) is 52.1 Å². The molecule has 28 heavy (non-hydrogen) atoms. The number of unbranched alkanes of at least 4 members (excludes halogenated alkanes) is 2. The first kappa shape index (κ1) is 24.7. The van der Waals surface area contributed by atoms with Crippen LogP contribution in [0, 0.1) is 5.92 Å². The Bertz CT molecular complexity index is 623. The number of nitrogens with one attached hydrogen (secondary N) is 2. The monoisotopic (exact) mass is 501 g/mol. The van der Waals surface area contributed by atoms with Crippen molar-refractivity contribution >= 4 is 35.8 Å². The molecule has 4 N–H and O–H groups in total. The van der Waals surface area contributed by atoms with Gasteiger partial charge in [-0.1, -0.05) is 44.0 Å². The number of carbonyl (C=O) groups excluding carboxylic acids is 1. The van der Waals surface area contributed by atoms with Crippen molar-refractivity contribution in [2.75, 3.05) is 26.7 Å². The Labute approximate surface area is 186 Å². The average Bonchev–Trinajstić information content (AvgIpc) is 2.68. The molecule has 1 fully saturated rings. The molecule has 1 amide bonds. The molecule has 2 rings (SSSR count). The highest BCUT2D eigenvalue weighted by molar-refractivity contribution is 14.0. The second-order valence-corrected chi connectivity index (χ2v) is 7.36. The number of guanidine groups is 1. The molecule has 1 aromatic rings. The van der Waals surface area contributed by atoms with E-state index in [2.05, 4.69) is 51.7 Å². The predicted molar refractivity (Wildman–Crippen MR) is 127 cm³/mol. The number of carbonyl (C=O) groups is 1. The molecule has 0 saturated carbocycles. The van der Waals surface area contributed by atoms with Crippen LogP contribution in [0.3, 0.4) is 0 Å². The molecule has 0 spiro atoms. The number of benzene rings is 1. The highest BCUT2D eigenvalue weighted by Crippen LogP contribution is 2.18. The third-order valence-corrected chi connectivity index (χ3v) is 5.06. The topological polar surface area (TPSA) is 82.8 Å². The van der Waals surface area contributed by atoms with Crippen LogP contribution in [0.1, 0.15) is 50.2 Å². The maximum atomic E-state index is 11.5. The van der Waals surface area contributed by atoms with Gasteiger partial charge in [0.15, 0.2) is 5.96 Å². The molecule has 1 atom stereocenters. The largest absolute Gasteiger partial charge is 0.369 e. The van der Waals surface area contributed by atoms with E-state index >= 15 is 0 Å². The Balaban J connectivity index is 0.00000392. The Morgan fingerprint density at radius 2 is 2.07 bits per heavy atom. The van der Waals surface area contributed by atoms with Crippen LogP contribution in [-0.4, -0.2) is 43.4 Å². The second kappa shape index (κ2) is 13.8. The fourth-order valence-electron chi connectivity index (χ4n) is 3.52. The highest BCUT2D eigenvalue weighted by atomic mass is 127. The van der Waals surface area contributed by atoms with Gasteiger partial charge in [0.05, 0.1) is 5.92 Å². The third kappa shape index (κ3) is 8.77. The first-order valence-corrected chi connectivity index (χ1v) is 10.2. The number of likely N-dealkylation sites (tertiary alicyclic amines) is 1. The number of primary amides is 1. The van der Waals surface area contributed by atoms with Crippen molar-refractivity contribution in [1.29, 1.82) is 0 Å². The van der Waals surface area contributed by atoms with Gasteiger partial charge in [-0.05, 0) is 36.9 Å². The zero-order valence-electron chi connectivity index (χ0n) is 17.2. The summed E-state index contributed by atoms with van der Waals surface area (Å²) < 4.78 is 0. The van der Waals surface area contributed by atoms with Crippen LogP contribution >= 0.6 is 24.0 Å². The number of amides is 1. The molecule has 0 radical (unpaired) electrons. The van der Waals surface area contributed by atoms with Crippen molar-refractivity contribution in [2.24, 2.45) is 16.6 Å². The predicted octanol–water partition coefficient (Wildman–Crippen LogP) is 2.86. The van der Waals surface area contributed by atoms with E-state index in [-0.39, 0.29) is 35.8 Å². The molecule has 1 aliphatic rings. The Hall–Kier alpha value is -1.35. The van der Waals surface area contributed by atoms with Gasteiger partial charge in [-0.3, -0.25) is 14.7 Å². The van der Waals surface area contributed by atoms with Crippen molar-refractivity contribution in [3.05, 3.63) is 35.4 Å². The standard InChI is InChI=1S/C21H35N5O.HI/c1-3-4-5-11-24-21(23-2)25-14-17-8-6-9-18(13-17)15-26-12-7-10-19(16-26)20(22)27;/h6,8-9,13,19H,3-5,7,10-12,14-16H2,1-2H3,(H2,22,27)(H2,23,24,25);1H. The van der Waals surface area contributed by atoms with Gasteiger partial charge in [0.2, 0.25) is 5.91 Å². The number of piperidine rings is 1. The van der Waals surface area contributed by atoms with Crippen molar-refractivity contribution < 1.29 is 4.79 Å². The summed E-state index contributed by atoms with van der Waals surface area (Å²) >= 11 is 0. The van der Waals surface area contributed by atoms with E-state index in [1.165, 1.54) is 24.0 Å². The minimum atomic E-state index is -0.171. The summed E-state index contributed by atoms with van der Waals surface area (Å²) in [6, 6.07) is 8.60. The summed E-state index contributed by atoms with van der Waals surface area (Å²) in [6.45, 7) is 6.56. The third-order valence-electron chi connectivity index (χ3n) is 5.06. The van der Waals surface area contributed by atoms with Gasteiger partial charge < -0.3 is 16.4 Å². The minimum Gasteiger partial charge on any atom is -0.369 e. The summed E-state index contributed by atoms with van der Waals surface area (Å²) in [5, 5.41) is 6.74. The fourth-order valence-corrected chi connectivity index (χ4v) is 3.52. The molecule has 1 unspecified atom stereocenters. The van der Waals surface area contributed by atoms with Crippen molar-refractivity contribution in [3.8, 4) is 0 Å². The zero-order chi connectivity index (χ0) is 19.5. The van der Waals surface area contributed by atoms with E-state index in [0.717, 1.165) is 57.9 Å². The van der Waals surface area contributed by atoms with Crippen LogP contribution in [0.15, 0.2) is 29.3 Å². The quantitative estimate of drug-likeness (QED) is 0.210. The normalized spacial score (nSPS) is 17.6. The van der Waals surface area contributed by atoms with Gasteiger partial charge in [-0.15, -0.1) is 24.0 Å². The summed E-state index contributed by atoms with van der Waals surface area (Å²) in [5.74, 6) is 0.665. The average molecular weight is 501 g/mol. The number of halogens is 1. The molecule has 1 heterocycles. The van der Waals surface area contributed by atoms with Gasteiger partial charge >= 0.3 is 0 Å². The Morgan fingerprint density at radius 1 is 1.29 bits per heavy atom. The zero-order valence-corrected chi connectivity index (χ0v) is 19.6. The highest BCUT2D eigenvalue weighted by Gasteiger charge is 2.23. The lowest BCUT2D eigenvalue weighted by atomic mass is 9.97. The van der Waals surface area contributed by atoms with Gasteiger partial charge in [0.1, 0.15) is 0 Å². The molecule has 0 bridgehead atoms. The van der Waals surface area contributed by atoms with Gasteiger partial charge in [0, 0.05) is 33.2 Å². The molecule has 7 heteroatoms. The van der Waals surface area contributed by atoms with Crippen LogP contribution < -0.4 is 16.4 Å². The van der Waals surface area contributed by atoms with Gasteiger partial charge in [0.25, 0.3) is 0 Å². The lowest BCUT2D eigenvalue weighted by molar-refractivity contribution is -0.123. The molecule has 1 saturated heterocycles. The van der Waals surface area contributed by atoms with Crippen LogP contribution in [0.4, 0.5) is 0 Å². The van der Waals surface area contributed by atoms with Gasteiger partial charge in [-0.25, -0.2) is 0 Å². The van der Waals surface area contributed by atoms with E-state index in [1.54, 1.807) is 7.05 Å². The second-order valence-electron chi connectivity index (χ2n) is 7.36. The van der Waals surface area contributed by atoms with E-state index in [9.17, 15) is 4.79 Å². The lowest BCUT2D eigenvalue weighted by Gasteiger charge is -2.31. The summed E-state index contributed by atoms with van der Waals surface area (Å²) in [6.07, 6.45) is 5.57. The van der Waals surface area contributed by atoms with Crippen molar-refractivity contribution in [3.63, 3.8) is 0 Å². The Kier molecular flexibility index (Phi) is 12.1. The number of rotatable bonds is 9. The SMILES string of the molecule is CCCCCNC(=NC)NCc1cccc(CN2CCCC(C(N)=O)C2)c1.I. The van der Waals surface area contributed by atoms with Crippen LogP contribution in [0.25, 0.3) is 0 Å². The summed E-state index contributed by atoms with van der Waals surface area (Å²) in [5.41, 5.74) is 7.99. The maximum Gasteiger partial charge on any atom is 0.221 e. The molecule has 1 aliphatic heterocycles. The molecular formula is C21H36IN5O. The molecule has 158 valence electrons. The Morgan fingerprint density at radius 3 is 2.79 bits per heavy atom. The minimum absolute atomic E-state index is 0. The van der Waals surface area contributed by atoms with E-state index in [0.29, 0.717) is 0 Å². The van der Waals surface area contributed by atoms with Crippen molar-refractivity contribution in [1.82, 2.24) is 15.5 Å². The van der Waals surface area contributed by atoms with Crippen LogP contribution in [0.5, 0.6) is 0 Å². The number of hydrogen-bond donors (Lipinski definition) is 3. The summed E-state index contributed by atoms with van der Waals surface area (Å²) in [4.78, 5) is 18.1. The van der Waals surface area contributed by atoms with E-state index in [4.69, 9.17) is 5.73 Å². The first-order valence-electron chi connectivity index (χ1n) is 10.2. The number of hydrogen-bond acceptors (Lipinski definition) is 3. The van der Waals surface area contributed by atoms with E-state index in [1.807, 2.05) is 0 Å². The molecule has 6 nitrogen and oxygen atoms in total. The van der Waals surface area contributed by atoms with E-state index < -0.39 is 0 Å². The first-order chi connectivity index (χ1) is 13.1. The molecule has 1 aromatic carbocycles. The fraction of sp³-hybridized carbons (Fsp3) is 0.619. The van der Waals surface area contributed by atoms with Gasteiger partial charge in [-0.2, -0.15) is 0 Å². The summed E-state index contributed by atoms with van der Waals surface area (Å²) in [7, 11) is 1.80. The number of aliphatic imine (C=N–C) groups is 1. The van der Waals surface area contributed by atoms with Crippen LogP contribution in [-0.2, 0) is 17.9 Å². The number of nitrogens with two attached hydrogens (primary N) is 1. The molecule has 0 aromatic heterocycles.